The highest BCUT2D eigenvalue weighted by molar-refractivity contribution is 7.14. The maximum absolute atomic E-state index is 12.4. The molecule has 3 heterocycles. The van der Waals surface area contributed by atoms with Gasteiger partial charge < -0.3 is 9.88 Å². The number of aryl methyl sites for hydroxylation is 2. The van der Waals surface area contributed by atoms with Crippen LogP contribution in [-0.2, 0) is 32.4 Å². The monoisotopic (exact) mass is 316 g/mol. The second-order valence-electron chi connectivity index (χ2n) is 6.38. The molecule has 2 aromatic rings. The molecule has 2 aliphatic rings. The lowest BCUT2D eigenvalue weighted by Gasteiger charge is -2.16. The summed E-state index contributed by atoms with van der Waals surface area (Å²) in [6.07, 6.45) is 5.59. The van der Waals surface area contributed by atoms with E-state index in [9.17, 15) is 4.79 Å². The van der Waals surface area contributed by atoms with Crippen LogP contribution in [0.15, 0.2) is 6.07 Å². The third-order valence-electron chi connectivity index (χ3n) is 4.65. The summed E-state index contributed by atoms with van der Waals surface area (Å²) in [5.41, 5.74) is 1.37. The first kappa shape index (κ1) is 13.9. The highest BCUT2D eigenvalue weighted by Crippen LogP contribution is 2.32. The maximum Gasteiger partial charge on any atom is 0.261 e. The van der Waals surface area contributed by atoms with Crippen molar-refractivity contribution >= 4 is 17.2 Å². The molecule has 1 amide bonds. The summed E-state index contributed by atoms with van der Waals surface area (Å²) in [7, 11) is 0. The van der Waals surface area contributed by atoms with Crippen molar-refractivity contribution in [2.24, 2.45) is 5.92 Å². The van der Waals surface area contributed by atoms with Crippen LogP contribution in [0.4, 0.5) is 0 Å². The van der Waals surface area contributed by atoms with Crippen molar-refractivity contribution in [2.75, 3.05) is 0 Å². The summed E-state index contributed by atoms with van der Waals surface area (Å²) < 4.78 is 2.13. The molecule has 0 radical (unpaired) electrons. The second-order valence-corrected chi connectivity index (χ2v) is 7.51. The summed E-state index contributed by atoms with van der Waals surface area (Å²) in [6, 6.07) is 2.08. The Morgan fingerprint density at radius 2 is 2.36 bits per heavy atom. The van der Waals surface area contributed by atoms with Crippen LogP contribution < -0.4 is 5.32 Å². The Morgan fingerprint density at radius 1 is 1.45 bits per heavy atom. The molecule has 1 N–H and O–H groups in total. The molecule has 0 saturated carbocycles. The average Bonchev–Trinajstić information content (AvgIpc) is 3.19. The maximum atomic E-state index is 12.4. The van der Waals surface area contributed by atoms with E-state index in [2.05, 4.69) is 33.1 Å². The van der Waals surface area contributed by atoms with Crippen molar-refractivity contribution in [2.45, 2.75) is 52.1 Å². The molecule has 0 spiro atoms. The van der Waals surface area contributed by atoms with Crippen LogP contribution in [0.25, 0.3) is 0 Å². The largest absolute Gasteiger partial charge is 0.344 e. The topological polar surface area (TPSA) is 59.8 Å². The van der Waals surface area contributed by atoms with Gasteiger partial charge in [-0.15, -0.1) is 21.5 Å². The van der Waals surface area contributed by atoms with Gasteiger partial charge in [0.15, 0.2) is 5.82 Å². The highest BCUT2D eigenvalue weighted by Gasteiger charge is 2.21. The molecular weight excluding hydrogens is 296 g/mol. The van der Waals surface area contributed by atoms with Crippen LogP contribution in [-0.4, -0.2) is 20.7 Å². The number of nitrogens with zero attached hydrogens (tertiary/aromatic N) is 3. The Kier molecular flexibility index (Phi) is 3.48. The minimum atomic E-state index is 0.0161. The van der Waals surface area contributed by atoms with Gasteiger partial charge in [-0.25, -0.2) is 0 Å². The van der Waals surface area contributed by atoms with E-state index in [0.717, 1.165) is 54.7 Å². The van der Waals surface area contributed by atoms with Crippen LogP contribution >= 0.6 is 11.3 Å². The molecule has 6 heteroatoms. The number of hydrogen-bond acceptors (Lipinski definition) is 4. The van der Waals surface area contributed by atoms with Crippen LogP contribution in [0, 0.1) is 5.92 Å². The number of carbonyl (C=O) groups excluding carboxylic acids is 1. The predicted molar refractivity (Wildman–Crippen MR) is 85.0 cm³/mol. The quantitative estimate of drug-likeness (QED) is 0.945. The Labute approximate surface area is 133 Å². The summed E-state index contributed by atoms with van der Waals surface area (Å²) in [4.78, 5) is 14.6. The number of thiophene rings is 1. The van der Waals surface area contributed by atoms with Crippen LogP contribution in [0.2, 0.25) is 0 Å². The van der Waals surface area contributed by atoms with Gasteiger partial charge in [0.25, 0.3) is 5.91 Å². The Bertz CT molecular complexity index is 718. The number of fused-ring (bicyclic) bond motifs is 2. The molecule has 2 aromatic heterocycles. The summed E-state index contributed by atoms with van der Waals surface area (Å²) in [5.74, 6) is 2.67. The lowest BCUT2D eigenvalue weighted by Crippen LogP contribution is -2.23. The number of rotatable bonds is 3. The fraction of sp³-hybridized carbons (Fsp3) is 0.562. The zero-order valence-electron chi connectivity index (χ0n) is 12.8. The summed E-state index contributed by atoms with van der Waals surface area (Å²) in [5, 5.41) is 11.4. The average molecular weight is 316 g/mol. The van der Waals surface area contributed by atoms with Crippen molar-refractivity contribution in [3.05, 3.63) is 33.0 Å². The molecule has 0 bridgehead atoms. The fourth-order valence-corrected chi connectivity index (χ4v) is 4.53. The third kappa shape index (κ3) is 2.45. The smallest absolute Gasteiger partial charge is 0.261 e. The zero-order chi connectivity index (χ0) is 15.1. The molecule has 1 atom stereocenters. The molecule has 0 aromatic carbocycles. The highest BCUT2D eigenvalue weighted by atomic mass is 32.1. The predicted octanol–water partition coefficient (Wildman–Crippen LogP) is 2.34. The van der Waals surface area contributed by atoms with Gasteiger partial charge in [-0.2, -0.15) is 0 Å². The molecule has 116 valence electrons. The van der Waals surface area contributed by atoms with Gasteiger partial charge in [0.1, 0.15) is 5.82 Å². The SMILES string of the molecule is CC1CCc2sc(C(=O)NCc3nnc4n3CCC4)cc2C1. The van der Waals surface area contributed by atoms with Gasteiger partial charge >= 0.3 is 0 Å². The normalized spacial score (nSPS) is 19.8. The minimum Gasteiger partial charge on any atom is -0.344 e. The molecule has 4 rings (SSSR count). The molecule has 22 heavy (non-hydrogen) atoms. The van der Waals surface area contributed by atoms with Crippen molar-refractivity contribution in [1.29, 1.82) is 0 Å². The van der Waals surface area contributed by atoms with E-state index in [1.54, 1.807) is 11.3 Å². The van der Waals surface area contributed by atoms with Crippen LogP contribution in [0.1, 0.15) is 51.5 Å². The first-order valence-corrected chi connectivity index (χ1v) is 8.83. The van der Waals surface area contributed by atoms with E-state index in [0.29, 0.717) is 6.54 Å². The standard InChI is InChI=1S/C16H20N4OS/c1-10-4-5-12-11(7-10)8-13(22-12)16(21)17-9-15-19-18-14-3-2-6-20(14)15/h8,10H,2-7,9H2,1H3,(H,17,21). The molecule has 0 fully saturated rings. The molecule has 1 aliphatic heterocycles. The van der Waals surface area contributed by atoms with Crippen molar-refractivity contribution < 1.29 is 4.79 Å². The number of aromatic nitrogens is 3. The van der Waals surface area contributed by atoms with Crippen molar-refractivity contribution in [3.63, 3.8) is 0 Å². The fourth-order valence-electron chi connectivity index (χ4n) is 3.41. The van der Waals surface area contributed by atoms with Gasteiger partial charge in [-0.05, 0) is 43.2 Å². The third-order valence-corrected chi connectivity index (χ3v) is 5.88. The van der Waals surface area contributed by atoms with Gasteiger partial charge in [-0.1, -0.05) is 6.92 Å². The Hall–Kier alpha value is -1.69. The van der Waals surface area contributed by atoms with Crippen molar-refractivity contribution in [1.82, 2.24) is 20.1 Å². The van der Waals surface area contributed by atoms with E-state index in [4.69, 9.17) is 0 Å². The van der Waals surface area contributed by atoms with Crippen molar-refractivity contribution in [3.8, 4) is 0 Å². The number of carbonyl (C=O) groups is 1. The first-order chi connectivity index (χ1) is 10.7. The zero-order valence-corrected chi connectivity index (χ0v) is 13.6. The van der Waals surface area contributed by atoms with Gasteiger partial charge in [0.05, 0.1) is 11.4 Å². The van der Waals surface area contributed by atoms with E-state index in [1.165, 1.54) is 16.9 Å². The summed E-state index contributed by atoms with van der Waals surface area (Å²) in [6.45, 7) is 3.72. The Morgan fingerprint density at radius 3 is 3.27 bits per heavy atom. The number of nitrogens with one attached hydrogen (secondary N) is 1. The molecule has 5 nitrogen and oxygen atoms in total. The van der Waals surface area contributed by atoms with Crippen LogP contribution in [0.5, 0.6) is 0 Å². The lowest BCUT2D eigenvalue weighted by atomic mass is 9.90. The van der Waals surface area contributed by atoms with E-state index < -0.39 is 0 Å². The molecule has 0 saturated heterocycles. The number of amides is 1. The second kappa shape index (κ2) is 5.50. The first-order valence-electron chi connectivity index (χ1n) is 8.01. The molecule has 1 aliphatic carbocycles. The van der Waals surface area contributed by atoms with E-state index in [1.807, 2.05) is 0 Å². The van der Waals surface area contributed by atoms with Gasteiger partial charge in [-0.3, -0.25) is 4.79 Å². The molecule has 1 unspecified atom stereocenters. The van der Waals surface area contributed by atoms with Gasteiger partial charge in [0, 0.05) is 17.8 Å². The van der Waals surface area contributed by atoms with E-state index >= 15 is 0 Å². The summed E-state index contributed by atoms with van der Waals surface area (Å²) >= 11 is 1.65. The Balaban J connectivity index is 1.44. The molecular formula is C16H20N4OS. The van der Waals surface area contributed by atoms with Crippen LogP contribution in [0.3, 0.4) is 0 Å². The van der Waals surface area contributed by atoms with Gasteiger partial charge in [0.2, 0.25) is 0 Å². The minimum absolute atomic E-state index is 0.0161. The lowest BCUT2D eigenvalue weighted by molar-refractivity contribution is 0.0953. The number of hydrogen-bond donors (Lipinski definition) is 1. The van der Waals surface area contributed by atoms with E-state index in [-0.39, 0.29) is 5.91 Å².